The molecule has 0 N–H and O–H groups in total. The number of carbonyl (C=O) groups is 2. The van der Waals surface area contributed by atoms with Crippen molar-refractivity contribution in [3.05, 3.63) is 71.6 Å². The third-order valence-corrected chi connectivity index (χ3v) is 2.91. The zero-order valence-corrected chi connectivity index (χ0v) is 12.8. The first kappa shape index (κ1) is 16.4. The average molecular weight is 311 g/mol. The van der Waals surface area contributed by atoms with Gasteiger partial charge in [0, 0.05) is 12.3 Å². The number of rotatable bonds is 6. The zero-order valence-electron chi connectivity index (χ0n) is 12.8. The molecule has 0 saturated carbocycles. The molecule has 0 fully saturated rings. The molecule has 118 valence electrons. The highest BCUT2D eigenvalue weighted by atomic mass is 16.5. The van der Waals surface area contributed by atoms with E-state index in [9.17, 15) is 9.59 Å². The van der Waals surface area contributed by atoms with Gasteiger partial charge in [-0.3, -0.25) is 4.98 Å². The number of nitrogens with zero attached hydrogens (tertiary/aromatic N) is 1. The van der Waals surface area contributed by atoms with E-state index in [1.54, 1.807) is 19.1 Å². The molecule has 23 heavy (non-hydrogen) atoms. The largest absolute Gasteiger partial charge is 0.463 e. The van der Waals surface area contributed by atoms with Gasteiger partial charge in [0.1, 0.15) is 6.61 Å². The standard InChI is InChI=1S/C18H17NO4/c1-2-22-17(20)11-10-16-9-8-15(12-19-16)18(21)23-13-14-6-4-3-5-7-14/h3-12H,2,13H2,1H3/b11-10+. The van der Waals surface area contributed by atoms with Crippen molar-refractivity contribution in [3.63, 3.8) is 0 Å². The monoisotopic (exact) mass is 311 g/mol. The first-order chi connectivity index (χ1) is 11.2. The maximum absolute atomic E-state index is 11.9. The Kier molecular flexibility index (Phi) is 6.06. The van der Waals surface area contributed by atoms with Crippen molar-refractivity contribution in [2.75, 3.05) is 6.61 Å². The predicted molar refractivity (Wildman–Crippen MR) is 85.5 cm³/mol. The van der Waals surface area contributed by atoms with Crippen LogP contribution in [0.15, 0.2) is 54.7 Å². The first-order valence-electron chi connectivity index (χ1n) is 7.21. The molecule has 1 aromatic heterocycles. The topological polar surface area (TPSA) is 65.5 Å². The van der Waals surface area contributed by atoms with E-state index in [0.29, 0.717) is 17.9 Å². The summed E-state index contributed by atoms with van der Waals surface area (Å²) in [5.41, 5.74) is 1.83. The number of benzene rings is 1. The first-order valence-corrected chi connectivity index (χ1v) is 7.21. The minimum absolute atomic E-state index is 0.212. The molecule has 1 aromatic carbocycles. The summed E-state index contributed by atoms with van der Waals surface area (Å²) in [4.78, 5) is 27.2. The van der Waals surface area contributed by atoms with Crippen LogP contribution in [-0.2, 0) is 20.9 Å². The van der Waals surface area contributed by atoms with Gasteiger partial charge in [0.15, 0.2) is 0 Å². The summed E-state index contributed by atoms with van der Waals surface area (Å²) in [6, 6.07) is 12.7. The van der Waals surface area contributed by atoms with E-state index in [1.165, 1.54) is 18.3 Å². The van der Waals surface area contributed by atoms with E-state index in [-0.39, 0.29) is 6.61 Å². The Balaban J connectivity index is 1.91. The third-order valence-electron chi connectivity index (χ3n) is 2.91. The highest BCUT2D eigenvalue weighted by Crippen LogP contribution is 2.07. The van der Waals surface area contributed by atoms with Crippen LogP contribution in [0, 0.1) is 0 Å². The van der Waals surface area contributed by atoms with Gasteiger partial charge in [-0.15, -0.1) is 0 Å². The Hall–Kier alpha value is -2.95. The van der Waals surface area contributed by atoms with Crippen molar-refractivity contribution < 1.29 is 19.1 Å². The van der Waals surface area contributed by atoms with Crippen molar-refractivity contribution in [3.8, 4) is 0 Å². The SMILES string of the molecule is CCOC(=O)/C=C/c1ccc(C(=O)OCc2ccccc2)cn1. The Morgan fingerprint density at radius 1 is 1.09 bits per heavy atom. The van der Waals surface area contributed by atoms with Crippen molar-refractivity contribution in [2.45, 2.75) is 13.5 Å². The fourth-order valence-corrected chi connectivity index (χ4v) is 1.77. The normalized spacial score (nSPS) is 10.5. The maximum Gasteiger partial charge on any atom is 0.340 e. The highest BCUT2D eigenvalue weighted by Gasteiger charge is 2.07. The lowest BCUT2D eigenvalue weighted by molar-refractivity contribution is -0.137. The van der Waals surface area contributed by atoms with Crippen LogP contribution in [0.4, 0.5) is 0 Å². The Morgan fingerprint density at radius 2 is 1.87 bits per heavy atom. The summed E-state index contributed by atoms with van der Waals surface area (Å²) < 4.78 is 9.98. The van der Waals surface area contributed by atoms with Crippen LogP contribution in [0.1, 0.15) is 28.5 Å². The van der Waals surface area contributed by atoms with Gasteiger partial charge in [-0.2, -0.15) is 0 Å². The molecular weight excluding hydrogens is 294 g/mol. The Labute approximate surface area is 134 Å². The summed E-state index contributed by atoms with van der Waals surface area (Å²) in [6.07, 6.45) is 4.23. The lowest BCUT2D eigenvalue weighted by atomic mass is 10.2. The number of carbonyl (C=O) groups excluding carboxylic acids is 2. The number of ether oxygens (including phenoxy) is 2. The van der Waals surface area contributed by atoms with Crippen molar-refractivity contribution >= 4 is 18.0 Å². The minimum atomic E-state index is -0.442. The van der Waals surface area contributed by atoms with Gasteiger partial charge in [-0.05, 0) is 30.7 Å². The molecule has 0 amide bonds. The van der Waals surface area contributed by atoms with Crippen LogP contribution in [0.2, 0.25) is 0 Å². The van der Waals surface area contributed by atoms with Gasteiger partial charge in [-0.25, -0.2) is 9.59 Å². The summed E-state index contributed by atoms with van der Waals surface area (Å²) in [7, 11) is 0. The van der Waals surface area contributed by atoms with E-state index in [0.717, 1.165) is 5.56 Å². The van der Waals surface area contributed by atoms with E-state index in [4.69, 9.17) is 9.47 Å². The van der Waals surface area contributed by atoms with Crippen molar-refractivity contribution in [2.24, 2.45) is 0 Å². The lowest BCUT2D eigenvalue weighted by Gasteiger charge is -2.04. The Bertz CT molecular complexity index is 678. The second-order valence-electron chi connectivity index (χ2n) is 4.62. The molecule has 0 aliphatic heterocycles. The fourth-order valence-electron chi connectivity index (χ4n) is 1.77. The Morgan fingerprint density at radius 3 is 2.52 bits per heavy atom. The van der Waals surface area contributed by atoms with Gasteiger partial charge in [0.25, 0.3) is 0 Å². The quantitative estimate of drug-likeness (QED) is 0.606. The van der Waals surface area contributed by atoms with Crippen LogP contribution in [0.3, 0.4) is 0 Å². The van der Waals surface area contributed by atoms with Gasteiger partial charge >= 0.3 is 11.9 Å². The lowest BCUT2D eigenvalue weighted by Crippen LogP contribution is -2.05. The molecule has 0 spiro atoms. The highest BCUT2D eigenvalue weighted by molar-refractivity contribution is 5.89. The van der Waals surface area contributed by atoms with E-state index in [1.807, 2.05) is 30.3 Å². The number of hydrogen-bond donors (Lipinski definition) is 0. The number of hydrogen-bond acceptors (Lipinski definition) is 5. The van der Waals surface area contributed by atoms with Crippen LogP contribution < -0.4 is 0 Å². The molecule has 0 saturated heterocycles. The molecule has 0 unspecified atom stereocenters. The maximum atomic E-state index is 11.9. The third kappa shape index (κ3) is 5.39. The van der Waals surface area contributed by atoms with E-state index in [2.05, 4.69) is 4.98 Å². The second kappa shape index (κ2) is 8.48. The molecule has 2 aromatic rings. The van der Waals surface area contributed by atoms with Crippen LogP contribution in [0.25, 0.3) is 6.08 Å². The average Bonchev–Trinajstić information content (AvgIpc) is 2.59. The van der Waals surface area contributed by atoms with E-state index >= 15 is 0 Å². The van der Waals surface area contributed by atoms with Crippen molar-refractivity contribution in [1.29, 1.82) is 0 Å². The molecule has 5 nitrogen and oxygen atoms in total. The van der Waals surface area contributed by atoms with E-state index < -0.39 is 11.9 Å². The minimum Gasteiger partial charge on any atom is -0.463 e. The fraction of sp³-hybridized carbons (Fsp3) is 0.167. The summed E-state index contributed by atoms with van der Waals surface area (Å²) >= 11 is 0. The summed E-state index contributed by atoms with van der Waals surface area (Å²) in [5.74, 6) is -0.872. The second-order valence-corrected chi connectivity index (χ2v) is 4.62. The summed E-state index contributed by atoms with van der Waals surface area (Å²) in [5, 5.41) is 0. The van der Waals surface area contributed by atoms with Gasteiger partial charge in [0.05, 0.1) is 17.9 Å². The molecule has 2 rings (SSSR count). The molecule has 1 heterocycles. The van der Waals surface area contributed by atoms with Gasteiger partial charge in [-0.1, -0.05) is 30.3 Å². The number of esters is 2. The van der Waals surface area contributed by atoms with Crippen LogP contribution >= 0.6 is 0 Å². The van der Waals surface area contributed by atoms with Crippen molar-refractivity contribution in [1.82, 2.24) is 4.98 Å². The molecule has 0 radical (unpaired) electrons. The molecular formula is C18H17NO4. The molecule has 0 atom stereocenters. The number of pyridine rings is 1. The zero-order chi connectivity index (χ0) is 16.5. The smallest absolute Gasteiger partial charge is 0.340 e. The van der Waals surface area contributed by atoms with Crippen LogP contribution in [-0.4, -0.2) is 23.5 Å². The van der Waals surface area contributed by atoms with Gasteiger partial charge in [0.2, 0.25) is 0 Å². The molecule has 0 aliphatic rings. The predicted octanol–water partition coefficient (Wildman–Crippen LogP) is 3.01. The summed E-state index contributed by atoms with van der Waals surface area (Å²) in [6.45, 7) is 2.27. The molecule has 5 heteroatoms. The number of aromatic nitrogens is 1. The molecule has 0 bridgehead atoms. The van der Waals surface area contributed by atoms with Gasteiger partial charge < -0.3 is 9.47 Å². The molecule has 0 aliphatic carbocycles. The van der Waals surface area contributed by atoms with Crippen LogP contribution in [0.5, 0.6) is 0 Å².